The summed E-state index contributed by atoms with van der Waals surface area (Å²) in [6, 6.07) is 1.96. The Morgan fingerprint density at radius 1 is 1.44 bits per heavy atom. The van der Waals surface area contributed by atoms with Crippen LogP contribution in [-0.2, 0) is 6.61 Å². The number of aromatic nitrogens is 1. The molecule has 5 heteroatoms. The van der Waals surface area contributed by atoms with E-state index in [9.17, 15) is 9.50 Å². The monoisotopic (exact) mass is 253 g/mol. The van der Waals surface area contributed by atoms with E-state index in [-0.39, 0.29) is 6.61 Å². The molecule has 0 spiro atoms. The second-order valence-corrected chi connectivity index (χ2v) is 4.98. The molecule has 1 aromatic heterocycles. The van der Waals surface area contributed by atoms with Gasteiger partial charge in [0.2, 0.25) is 0 Å². The number of hydrogen-bond donors (Lipinski definition) is 1. The SMILES string of the molecule is CN(C)C1CCN(c2ncc(F)cc2CO)CC1. The van der Waals surface area contributed by atoms with Gasteiger partial charge in [-0.1, -0.05) is 0 Å². The summed E-state index contributed by atoms with van der Waals surface area (Å²) in [5.74, 6) is 0.321. The lowest BCUT2D eigenvalue weighted by Crippen LogP contribution is -2.42. The molecule has 0 amide bonds. The molecule has 0 bridgehead atoms. The van der Waals surface area contributed by atoms with Gasteiger partial charge in [0.25, 0.3) is 0 Å². The van der Waals surface area contributed by atoms with Crippen LogP contribution >= 0.6 is 0 Å². The highest BCUT2D eigenvalue weighted by molar-refractivity contribution is 5.47. The third kappa shape index (κ3) is 2.79. The number of nitrogens with zero attached hydrogens (tertiary/aromatic N) is 3. The van der Waals surface area contributed by atoms with Crippen molar-refractivity contribution in [2.45, 2.75) is 25.5 Å². The molecule has 0 aliphatic carbocycles. The third-order valence-corrected chi connectivity index (χ3v) is 3.57. The number of piperidine rings is 1. The minimum atomic E-state index is -0.397. The molecule has 100 valence electrons. The van der Waals surface area contributed by atoms with Gasteiger partial charge in [0, 0.05) is 24.7 Å². The van der Waals surface area contributed by atoms with Gasteiger partial charge >= 0.3 is 0 Å². The maximum absolute atomic E-state index is 13.1. The molecule has 18 heavy (non-hydrogen) atoms. The van der Waals surface area contributed by atoms with Gasteiger partial charge in [-0.2, -0.15) is 0 Å². The largest absolute Gasteiger partial charge is 0.392 e. The molecule has 1 aliphatic heterocycles. The van der Waals surface area contributed by atoms with E-state index in [1.165, 1.54) is 12.3 Å². The van der Waals surface area contributed by atoms with Crippen LogP contribution in [0.25, 0.3) is 0 Å². The van der Waals surface area contributed by atoms with E-state index >= 15 is 0 Å². The molecule has 0 unspecified atom stereocenters. The quantitative estimate of drug-likeness (QED) is 0.880. The van der Waals surface area contributed by atoms with E-state index < -0.39 is 5.82 Å². The summed E-state index contributed by atoms with van der Waals surface area (Å²) in [4.78, 5) is 8.49. The molecule has 1 saturated heterocycles. The molecule has 1 aliphatic rings. The van der Waals surface area contributed by atoms with Crippen molar-refractivity contribution in [3.05, 3.63) is 23.6 Å². The molecule has 0 atom stereocenters. The summed E-state index contributed by atoms with van der Waals surface area (Å²) < 4.78 is 13.1. The molecular weight excluding hydrogens is 233 g/mol. The average Bonchev–Trinajstić information content (AvgIpc) is 2.38. The standard InChI is InChI=1S/C13H20FN3O/c1-16(2)12-3-5-17(6-4-12)13-10(9-18)7-11(14)8-15-13/h7-8,12,18H,3-6,9H2,1-2H3. The Balaban J connectivity index is 2.09. The van der Waals surface area contributed by atoms with E-state index in [0.717, 1.165) is 31.7 Å². The van der Waals surface area contributed by atoms with Gasteiger partial charge in [-0.3, -0.25) is 0 Å². The van der Waals surface area contributed by atoms with E-state index in [1.807, 2.05) is 0 Å². The Morgan fingerprint density at radius 3 is 2.67 bits per heavy atom. The smallest absolute Gasteiger partial charge is 0.142 e. The molecule has 0 saturated carbocycles. The number of rotatable bonds is 3. The molecule has 1 aromatic rings. The maximum atomic E-state index is 13.1. The number of aliphatic hydroxyl groups is 1. The van der Waals surface area contributed by atoms with Gasteiger partial charge in [0.15, 0.2) is 0 Å². The zero-order valence-electron chi connectivity index (χ0n) is 10.9. The molecule has 1 N–H and O–H groups in total. The number of pyridine rings is 1. The number of hydrogen-bond acceptors (Lipinski definition) is 4. The number of anilines is 1. The van der Waals surface area contributed by atoms with E-state index in [4.69, 9.17) is 0 Å². The highest BCUT2D eigenvalue weighted by Gasteiger charge is 2.22. The van der Waals surface area contributed by atoms with Crippen molar-refractivity contribution in [1.82, 2.24) is 9.88 Å². The summed E-state index contributed by atoms with van der Waals surface area (Å²) in [6.45, 7) is 1.62. The Bertz CT molecular complexity index is 403. The Labute approximate surface area is 107 Å². The average molecular weight is 253 g/mol. The molecule has 4 nitrogen and oxygen atoms in total. The highest BCUT2D eigenvalue weighted by Crippen LogP contribution is 2.23. The predicted octanol–water partition coefficient (Wildman–Crippen LogP) is 1.24. The van der Waals surface area contributed by atoms with Crippen LogP contribution in [0.2, 0.25) is 0 Å². The first-order valence-corrected chi connectivity index (χ1v) is 6.28. The van der Waals surface area contributed by atoms with Crippen molar-refractivity contribution in [3.8, 4) is 0 Å². The van der Waals surface area contributed by atoms with E-state index in [0.29, 0.717) is 11.6 Å². The lowest BCUT2D eigenvalue weighted by Gasteiger charge is -2.36. The fourth-order valence-corrected chi connectivity index (χ4v) is 2.47. The van der Waals surface area contributed by atoms with Crippen LogP contribution in [-0.4, -0.2) is 48.2 Å². The van der Waals surface area contributed by atoms with Gasteiger partial charge in [0.1, 0.15) is 11.6 Å². The third-order valence-electron chi connectivity index (χ3n) is 3.57. The van der Waals surface area contributed by atoms with Crippen LogP contribution in [0.1, 0.15) is 18.4 Å². The Morgan fingerprint density at radius 2 is 2.11 bits per heavy atom. The van der Waals surface area contributed by atoms with Crippen molar-refractivity contribution >= 4 is 5.82 Å². The van der Waals surface area contributed by atoms with Crippen molar-refractivity contribution < 1.29 is 9.50 Å². The minimum absolute atomic E-state index is 0.173. The highest BCUT2D eigenvalue weighted by atomic mass is 19.1. The topological polar surface area (TPSA) is 39.6 Å². The fourth-order valence-electron chi connectivity index (χ4n) is 2.47. The lowest BCUT2D eigenvalue weighted by molar-refractivity contribution is 0.248. The first-order valence-electron chi connectivity index (χ1n) is 6.28. The number of halogens is 1. The zero-order chi connectivity index (χ0) is 13.1. The molecular formula is C13H20FN3O. The van der Waals surface area contributed by atoms with Crippen molar-refractivity contribution in [2.24, 2.45) is 0 Å². The molecule has 0 radical (unpaired) electrons. The normalized spacial score (nSPS) is 17.5. The van der Waals surface area contributed by atoms with Gasteiger partial charge in [-0.25, -0.2) is 9.37 Å². The maximum Gasteiger partial charge on any atom is 0.142 e. The minimum Gasteiger partial charge on any atom is -0.392 e. The Kier molecular flexibility index (Phi) is 4.14. The van der Waals surface area contributed by atoms with Crippen molar-refractivity contribution in [1.29, 1.82) is 0 Å². The van der Waals surface area contributed by atoms with Gasteiger partial charge in [0.05, 0.1) is 12.8 Å². The molecule has 2 rings (SSSR count). The molecule has 2 heterocycles. The van der Waals surface area contributed by atoms with Crippen LogP contribution in [0.5, 0.6) is 0 Å². The first kappa shape index (κ1) is 13.2. The van der Waals surface area contributed by atoms with E-state index in [2.05, 4.69) is 28.9 Å². The molecule has 0 aromatic carbocycles. The fraction of sp³-hybridized carbons (Fsp3) is 0.615. The van der Waals surface area contributed by atoms with Crippen LogP contribution in [0.15, 0.2) is 12.3 Å². The van der Waals surface area contributed by atoms with Crippen LogP contribution in [0.3, 0.4) is 0 Å². The van der Waals surface area contributed by atoms with Gasteiger partial charge < -0.3 is 14.9 Å². The lowest BCUT2D eigenvalue weighted by atomic mass is 10.0. The first-order chi connectivity index (χ1) is 8.61. The van der Waals surface area contributed by atoms with Gasteiger partial charge in [-0.05, 0) is 33.0 Å². The second-order valence-electron chi connectivity index (χ2n) is 4.98. The molecule has 1 fully saturated rings. The van der Waals surface area contributed by atoms with Crippen LogP contribution in [0, 0.1) is 5.82 Å². The summed E-state index contributed by atoms with van der Waals surface area (Å²) in [7, 11) is 4.19. The number of aliphatic hydroxyl groups excluding tert-OH is 1. The van der Waals surface area contributed by atoms with E-state index in [1.54, 1.807) is 0 Å². The van der Waals surface area contributed by atoms with Crippen LogP contribution in [0.4, 0.5) is 10.2 Å². The van der Waals surface area contributed by atoms with Crippen molar-refractivity contribution in [2.75, 3.05) is 32.1 Å². The Hall–Kier alpha value is -1.20. The van der Waals surface area contributed by atoms with Crippen LogP contribution < -0.4 is 4.90 Å². The van der Waals surface area contributed by atoms with Crippen molar-refractivity contribution in [3.63, 3.8) is 0 Å². The summed E-state index contributed by atoms with van der Waals surface area (Å²) in [6.07, 6.45) is 3.35. The second kappa shape index (κ2) is 5.63. The summed E-state index contributed by atoms with van der Waals surface area (Å²) in [5.41, 5.74) is 0.568. The van der Waals surface area contributed by atoms with Gasteiger partial charge in [-0.15, -0.1) is 0 Å². The summed E-state index contributed by atoms with van der Waals surface area (Å²) >= 11 is 0. The predicted molar refractivity (Wildman–Crippen MR) is 69.0 cm³/mol. The zero-order valence-corrected chi connectivity index (χ0v) is 10.9. The summed E-state index contributed by atoms with van der Waals surface area (Å²) in [5, 5.41) is 9.27.